The summed E-state index contributed by atoms with van der Waals surface area (Å²) >= 11 is 0. The van der Waals surface area contributed by atoms with Crippen LogP contribution in [0.25, 0.3) is 0 Å². The van der Waals surface area contributed by atoms with Crippen molar-refractivity contribution in [2.45, 2.75) is 50.0 Å². The maximum Gasteiger partial charge on any atom is 0.488 e. The number of piperidine rings is 1. The Balaban J connectivity index is 1.79. The van der Waals surface area contributed by atoms with Gasteiger partial charge in [-0.25, -0.2) is 0 Å². The maximum absolute atomic E-state index is 13.4. The van der Waals surface area contributed by atoms with Gasteiger partial charge in [-0.15, -0.1) is 5.10 Å². The number of carbonyl (C=O) groups is 1. The van der Waals surface area contributed by atoms with Gasteiger partial charge in [0.05, 0.1) is 24.4 Å². The first kappa shape index (κ1) is 21.8. The van der Waals surface area contributed by atoms with Crippen molar-refractivity contribution in [3.63, 3.8) is 0 Å². The molecule has 1 aromatic heterocycles. The summed E-state index contributed by atoms with van der Waals surface area (Å²) < 4.78 is 47.7. The predicted octanol–water partition coefficient (Wildman–Crippen LogP) is 0.577. The molecule has 2 aliphatic heterocycles. The molecule has 0 saturated carbocycles. The summed E-state index contributed by atoms with van der Waals surface area (Å²) in [7, 11) is -0.0237. The van der Waals surface area contributed by atoms with Crippen LogP contribution in [0, 0.1) is 0 Å². The standard InChI is InChI=1S/C19H22BF3N4O4/c1-11-8-18(14-4-3-13(20(29)30)7-12(14)5-6-31-18)9-16(15-10-26(2)25-24-15)27(11)17(28)19(21,22)23/h3-4,7,10-11,16,29-30H,5-6,8-9H2,1-2H3/t11-,16-,18-/m0/s1. The molecule has 1 saturated heterocycles. The zero-order valence-electron chi connectivity index (χ0n) is 17.0. The number of nitrogens with zero attached hydrogens (tertiary/aromatic N) is 4. The third-order valence-corrected chi connectivity index (χ3v) is 6.07. The normalized spacial score (nSPS) is 26.1. The number of carbonyl (C=O) groups excluding carboxylic acids is 1. The van der Waals surface area contributed by atoms with E-state index in [9.17, 15) is 28.0 Å². The molecule has 1 amide bonds. The number of amides is 1. The second-order valence-electron chi connectivity index (χ2n) is 8.18. The van der Waals surface area contributed by atoms with E-state index in [1.54, 1.807) is 32.2 Å². The van der Waals surface area contributed by atoms with Gasteiger partial charge in [0.25, 0.3) is 0 Å². The van der Waals surface area contributed by atoms with Crippen LogP contribution in [0.5, 0.6) is 0 Å². The molecule has 31 heavy (non-hydrogen) atoms. The Bertz CT molecular complexity index is 999. The van der Waals surface area contributed by atoms with Gasteiger partial charge in [-0.2, -0.15) is 13.2 Å². The van der Waals surface area contributed by atoms with Crippen molar-refractivity contribution in [3.05, 3.63) is 41.2 Å². The van der Waals surface area contributed by atoms with Gasteiger partial charge >= 0.3 is 19.2 Å². The maximum atomic E-state index is 13.4. The van der Waals surface area contributed by atoms with Gasteiger partial charge in [-0.3, -0.25) is 9.48 Å². The number of hydrogen-bond acceptors (Lipinski definition) is 6. The van der Waals surface area contributed by atoms with Crippen molar-refractivity contribution in [2.75, 3.05) is 6.61 Å². The Morgan fingerprint density at radius 3 is 2.68 bits per heavy atom. The van der Waals surface area contributed by atoms with Crippen LogP contribution < -0.4 is 5.46 Å². The Labute approximate surface area is 176 Å². The SMILES string of the molecule is C[C@H]1C[C@@]2(C[C@@H](c3cn(C)nn3)N1C(=O)C(F)(F)F)OCCc1cc(B(O)O)ccc12. The third kappa shape index (κ3) is 3.83. The average Bonchev–Trinajstić information content (AvgIpc) is 3.12. The van der Waals surface area contributed by atoms with Gasteiger partial charge in [-0.05, 0) is 29.9 Å². The lowest BCUT2D eigenvalue weighted by Crippen LogP contribution is -2.56. The summed E-state index contributed by atoms with van der Waals surface area (Å²) in [5, 5.41) is 26.8. The van der Waals surface area contributed by atoms with Gasteiger partial charge < -0.3 is 19.7 Å². The molecule has 3 atom stereocenters. The topological polar surface area (TPSA) is 101 Å². The van der Waals surface area contributed by atoms with Crippen molar-refractivity contribution < 1.29 is 32.8 Å². The van der Waals surface area contributed by atoms with E-state index < -0.39 is 36.9 Å². The molecular formula is C19H22BF3N4O4. The monoisotopic (exact) mass is 438 g/mol. The minimum Gasteiger partial charge on any atom is -0.423 e. The third-order valence-electron chi connectivity index (χ3n) is 6.07. The molecule has 0 unspecified atom stereocenters. The van der Waals surface area contributed by atoms with Crippen LogP contribution in [0.3, 0.4) is 0 Å². The van der Waals surface area contributed by atoms with Crippen LogP contribution in [0.4, 0.5) is 13.2 Å². The fourth-order valence-corrected chi connectivity index (χ4v) is 4.83. The first-order valence-corrected chi connectivity index (χ1v) is 9.91. The summed E-state index contributed by atoms with van der Waals surface area (Å²) in [5.74, 6) is -1.92. The van der Waals surface area contributed by atoms with E-state index in [2.05, 4.69) is 10.3 Å². The van der Waals surface area contributed by atoms with E-state index in [0.29, 0.717) is 18.5 Å². The minimum absolute atomic E-state index is 0.0753. The predicted molar refractivity (Wildman–Crippen MR) is 103 cm³/mol. The summed E-state index contributed by atoms with van der Waals surface area (Å²) in [6.45, 7) is 1.89. The van der Waals surface area contributed by atoms with Crippen LogP contribution in [-0.2, 0) is 28.6 Å². The second-order valence-corrected chi connectivity index (χ2v) is 8.18. The number of rotatable bonds is 2. The molecule has 0 aliphatic carbocycles. The number of benzene rings is 1. The largest absolute Gasteiger partial charge is 0.488 e. The molecule has 4 rings (SSSR count). The molecule has 1 spiro atoms. The van der Waals surface area contributed by atoms with Crippen molar-refractivity contribution >= 4 is 18.5 Å². The number of fused-ring (bicyclic) bond motifs is 2. The van der Waals surface area contributed by atoms with Crippen LogP contribution in [0.1, 0.15) is 42.6 Å². The fourth-order valence-electron chi connectivity index (χ4n) is 4.83. The number of ether oxygens (including phenoxy) is 1. The van der Waals surface area contributed by atoms with Crippen LogP contribution >= 0.6 is 0 Å². The quantitative estimate of drug-likeness (QED) is 0.666. The molecule has 0 radical (unpaired) electrons. The second kappa shape index (κ2) is 7.61. The van der Waals surface area contributed by atoms with Crippen molar-refractivity contribution in [1.29, 1.82) is 0 Å². The zero-order chi connectivity index (χ0) is 22.6. The summed E-state index contributed by atoms with van der Waals surface area (Å²) in [5.41, 5.74) is 1.28. The highest BCUT2D eigenvalue weighted by Crippen LogP contribution is 2.50. The van der Waals surface area contributed by atoms with E-state index in [1.165, 1.54) is 10.9 Å². The lowest BCUT2D eigenvalue weighted by molar-refractivity contribution is -0.201. The van der Waals surface area contributed by atoms with Crippen molar-refractivity contribution in [2.24, 2.45) is 7.05 Å². The molecule has 8 nitrogen and oxygen atoms in total. The summed E-state index contributed by atoms with van der Waals surface area (Å²) in [6, 6.07) is 3.20. The molecule has 2 aromatic rings. The molecule has 166 valence electrons. The number of aromatic nitrogens is 3. The highest BCUT2D eigenvalue weighted by atomic mass is 19.4. The number of aryl methyl sites for hydroxylation is 1. The smallest absolute Gasteiger partial charge is 0.423 e. The Morgan fingerprint density at radius 1 is 1.32 bits per heavy atom. The molecular weight excluding hydrogens is 416 g/mol. The number of halogens is 3. The van der Waals surface area contributed by atoms with Gasteiger partial charge in [0.15, 0.2) is 0 Å². The molecule has 1 fully saturated rings. The van der Waals surface area contributed by atoms with Crippen LogP contribution in [0.2, 0.25) is 0 Å². The Morgan fingerprint density at radius 2 is 2.06 bits per heavy atom. The molecule has 1 aromatic carbocycles. The van der Waals surface area contributed by atoms with E-state index in [1.807, 2.05) is 0 Å². The lowest BCUT2D eigenvalue weighted by atomic mass is 9.71. The summed E-state index contributed by atoms with van der Waals surface area (Å²) in [4.78, 5) is 13.1. The highest BCUT2D eigenvalue weighted by molar-refractivity contribution is 6.58. The van der Waals surface area contributed by atoms with E-state index >= 15 is 0 Å². The van der Waals surface area contributed by atoms with Gasteiger partial charge in [0, 0.05) is 25.9 Å². The van der Waals surface area contributed by atoms with E-state index in [-0.39, 0.29) is 18.5 Å². The molecule has 3 heterocycles. The Hall–Kier alpha value is -2.44. The number of likely N-dealkylation sites (tertiary alicyclic amines) is 1. The lowest BCUT2D eigenvalue weighted by Gasteiger charge is -2.51. The van der Waals surface area contributed by atoms with Crippen molar-refractivity contribution in [3.8, 4) is 0 Å². The first-order chi connectivity index (χ1) is 14.5. The minimum atomic E-state index is -5.02. The molecule has 12 heteroatoms. The zero-order valence-corrected chi connectivity index (χ0v) is 17.0. The molecule has 2 aliphatic rings. The average molecular weight is 438 g/mol. The van der Waals surface area contributed by atoms with Crippen molar-refractivity contribution in [1.82, 2.24) is 19.9 Å². The summed E-state index contributed by atoms with van der Waals surface area (Å²) in [6.07, 6.45) is -2.74. The van der Waals surface area contributed by atoms with Gasteiger partial charge in [0.2, 0.25) is 0 Å². The first-order valence-electron chi connectivity index (χ1n) is 9.91. The van der Waals surface area contributed by atoms with Crippen LogP contribution in [-0.4, -0.2) is 61.8 Å². The Kier molecular flexibility index (Phi) is 5.35. The fraction of sp³-hybridized carbons (Fsp3) is 0.526. The number of hydrogen-bond donors (Lipinski definition) is 2. The highest BCUT2D eigenvalue weighted by Gasteiger charge is 2.54. The molecule has 2 N–H and O–H groups in total. The van der Waals surface area contributed by atoms with Crippen LogP contribution in [0.15, 0.2) is 24.4 Å². The van der Waals surface area contributed by atoms with Gasteiger partial charge in [-0.1, -0.05) is 23.4 Å². The van der Waals surface area contributed by atoms with E-state index in [4.69, 9.17) is 4.74 Å². The molecule has 0 bridgehead atoms. The van der Waals surface area contributed by atoms with Gasteiger partial charge in [0.1, 0.15) is 5.69 Å². The number of alkyl halides is 3. The van der Waals surface area contributed by atoms with E-state index in [0.717, 1.165) is 16.0 Å².